The van der Waals surface area contributed by atoms with Gasteiger partial charge in [0.25, 0.3) is 0 Å². The summed E-state index contributed by atoms with van der Waals surface area (Å²) in [6.45, 7) is 4.13. The largest absolute Gasteiger partial charge is 0.490 e. The minimum absolute atomic E-state index is 0.0137. The Bertz CT molecular complexity index is 652. The molecule has 2 rings (SSSR count). The van der Waals surface area contributed by atoms with Gasteiger partial charge in [-0.25, -0.2) is 4.79 Å². The van der Waals surface area contributed by atoms with Crippen LogP contribution in [0.4, 0.5) is 24.7 Å². The highest BCUT2D eigenvalue weighted by atomic mass is 19.4. The van der Waals surface area contributed by atoms with Crippen molar-refractivity contribution in [3.63, 3.8) is 0 Å². The molecule has 2 heterocycles. The van der Waals surface area contributed by atoms with Crippen molar-refractivity contribution in [1.29, 1.82) is 5.26 Å². The summed E-state index contributed by atoms with van der Waals surface area (Å²) in [6.07, 6.45) is -3.36. The third kappa shape index (κ3) is 3.38. The molecule has 1 aromatic heterocycles. The van der Waals surface area contributed by atoms with Crippen LogP contribution in [0.15, 0.2) is 12.7 Å². The summed E-state index contributed by atoms with van der Waals surface area (Å²) >= 11 is 0. The van der Waals surface area contributed by atoms with Gasteiger partial charge in [-0.1, -0.05) is 6.08 Å². The van der Waals surface area contributed by atoms with Crippen LogP contribution in [0.2, 0.25) is 0 Å². The Labute approximate surface area is 122 Å². The number of hydrogen-bond acceptors (Lipinski definition) is 6. The molecule has 7 nitrogen and oxygen atoms in total. The Morgan fingerprint density at radius 3 is 2.50 bits per heavy atom. The van der Waals surface area contributed by atoms with Crippen molar-refractivity contribution in [2.45, 2.75) is 12.1 Å². The SMILES string of the molecule is C=CC1COc2nc(N)c(C#N)c(N)c21.O=C(O)C(F)(F)F. The van der Waals surface area contributed by atoms with Crippen LogP contribution >= 0.6 is 0 Å². The van der Waals surface area contributed by atoms with Gasteiger partial charge in [0, 0.05) is 11.5 Å². The van der Waals surface area contributed by atoms with Gasteiger partial charge in [-0.05, 0) is 0 Å². The third-order valence-corrected chi connectivity index (χ3v) is 2.68. The number of carbonyl (C=O) groups is 1. The summed E-state index contributed by atoms with van der Waals surface area (Å²) in [6, 6.07) is 1.94. The number of nitrogen functional groups attached to an aromatic ring is 2. The van der Waals surface area contributed by atoms with Crippen LogP contribution in [-0.2, 0) is 4.79 Å². The van der Waals surface area contributed by atoms with Gasteiger partial charge >= 0.3 is 12.1 Å². The quantitative estimate of drug-likeness (QED) is 0.666. The number of nitrogens with zero attached hydrogens (tertiary/aromatic N) is 2. The van der Waals surface area contributed by atoms with Crippen LogP contribution in [0, 0.1) is 11.3 Å². The van der Waals surface area contributed by atoms with E-state index in [-0.39, 0.29) is 17.3 Å². The molecule has 1 unspecified atom stereocenters. The van der Waals surface area contributed by atoms with E-state index in [1.807, 2.05) is 6.07 Å². The molecule has 118 valence electrons. The first-order valence-electron chi connectivity index (χ1n) is 5.67. The number of pyridine rings is 1. The summed E-state index contributed by atoms with van der Waals surface area (Å²) < 4.78 is 37.0. The molecule has 1 aliphatic heterocycles. The first-order chi connectivity index (χ1) is 10.1. The predicted molar refractivity (Wildman–Crippen MR) is 69.9 cm³/mol. The molecular formula is C12H11F3N4O3. The topological polar surface area (TPSA) is 135 Å². The fourth-order valence-electron chi connectivity index (χ4n) is 1.64. The maximum atomic E-state index is 10.6. The number of aromatic nitrogens is 1. The van der Waals surface area contributed by atoms with E-state index in [1.54, 1.807) is 6.08 Å². The number of rotatable bonds is 1. The van der Waals surface area contributed by atoms with Crippen molar-refractivity contribution in [3.8, 4) is 11.9 Å². The van der Waals surface area contributed by atoms with Crippen molar-refractivity contribution < 1.29 is 27.8 Å². The van der Waals surface area contributed by atoms with Gasteiger partial charge in [0.2, 0.25) is 5.88 Å². The van der Waals surface area contributed by atoms with Crippen molar-refractivity contribution in [3.05, 3.63) is 23.8 Å². The number of alkyl halides is 3. The van der Waals surface area contributed by atoms with E-state index in [0.29, 0.717) is 18.2 Å². The fourth-order valence-corrected chi connectivity index (χ4v) is 1.64. The van der Waals surface area contributed by atoms with Gasteiger partial charge in [-0.3, -0.25) is 0 Å². The second kappa shape index (κ2) is 6.21. The van der Waals surface area contributed by atoms with E-state index in [0.717, 1.165) is 5.56 Å². The molecule has 0 radical (unpaired) electrons. The smallest absolute Gasteiger partial charge is 0.476 e. The molecule has 0 aliphatic carbocycles. The number of fused-ring (bicyclic) bond motifs is 1. The molecule has 0 aromatic carbocycles. The number of carboxylic acids is 1. The highest BCUT2D eigenvalue weighted by molar-refractivity contribution is 5.73. The summed E-state index contributed by atoms with van der Waals surface area (Å²) in [5.74, 6) is -2.25. The molecule has 0 fully saturated rings. The third-order valence-electron chi connectivity index (χ3n) is 2.68. The highest BCUT2D eigenvalue weighted by Gasteiger charge is 2.38. The number of nitrogens with two attached hydrogens (primary N) is 2. The van der Waals surface area contributed by atoms with E-state index < -0.39 is 12.1 Å². The normalized spacial score (nSPS) is 15.6. The highest BCUT2D eigenvalue weighted by Crippen LogP contribution is 2.40. The Kier molecular flexibility index (Phi) is 4.83. The van der Waals surface area contributed by atoms with Gasteiger partial charge in [0.05, 0.1) is 5.69 Å². The Morgan fingerprint density at radius 2 is 2.09 bits per heavy atom. The maximum Gasteiger partial charge on any atom is 0.490 e. The van der Waals surface area contributed by atoms with E-state index in [9.17, 15) is 13.2 Å². The first-order valence-corrected chi connectivity index (χ1v) is 5.67. The zero-order chi connectivity index (χ0) is 17.1. The number of aliphatic carboxylic acids is 1. The van der Waals surface area contributed by atoms with E-state index in [1.165, 1.54) is 0 Å². The maximum absolute atomic E-state index is 10.6. The lowest BCUT2D eigenvalue weighted by Crippen LogP contribution is -2.21. The number of nitriles is 1. The molecule has 0 saturated heterocycles. The van der Waals surface area contributed by atoms with Gasteiger partial charge in [-0.2, -0.15) is 23.4 Å². The van der Waals surface area contributed by atoms with Crippen LogP contribution in [0.1, 0.15) is 17.0 Å². The second-order valence-electron chi connectivity index (χ2n) is 4.07. The number of carboxylic acid groups (broad SMARTS) is 1. The lowest BCUT2D eigenvalue weighted by atomic mass is 9.99. The molecule has 1 aromatic rings. The molecule has 22 heavy (non-hydrogen) atoms. The van der Waals surface area contributed by atoms with Crippen LogP contribution in [0.25, 0.3) is 0 Å². The number of anilines is 2. The molecule has 5 N–H and O–H groups in total. The molecule has 1 aliphatic rings. The fraction of sp³-hybridized carbons (Fsp3) is 0.250. The predicted octanol–water partition coefficient (Wildman–Crippen LogP) is 1.41. The van der Waals surface area contributed by atoms with Crippen LogP contribution in [0.3, 0.4) is 0 Å². The Balaban J connectivity index is 0.000000295. The lowest BCUT2D eigenvalue weighted by Gasteiger charge is -2.08. The summed E-state index contributed by atoms with van der Waals surface area (Å²) in [7, 11) is 0. The minimum Gasteiger partial charge on any atom is -0.476 e. The number of hydrogen-bond donors (Lipinski definition) is 3. The Morgan fingerprint density at radius 1 is 1.55 bits per heavy atom. The van der Waals surface area contributed by atoms with E-state index in [4.69, 9.17) is 31.4 Å². The summed E-state index contributed by atoms with van der Waals surface area (Å²) in [5, 5.41) is 16.0. The molecular weight excluding hydrogens is 305 g/mol. The van der Waals surface area contributed by atoms with Gasteiger partial charge in [0.1, 0.15) is 24.1 Å². The van der Waals surface area contributed by atoms with Crippen molar-refractivity contribution in [2.24, 2.45) is 0 Å². The molecule has 0 spiro atoms. The van der Waals surface area contributed by atoms with Crippen LogP contribution in [-0.4, -0.2) is 28.8 Å². The molecule has 1 atom stereocenters. The standard InChI is InChI=1S/C10H10N4O.C2HF3O2/c1-2-5-4-15-10-7(5)8(12)6(3-11)9(13)14-10;3-2(4,5)1(6)7/h2,5H,1,4H2,(H4,12,13,14);(H,6,7). The van der Waals surface area contributed by atoms with Crippen molar-refractivity contribution in [1.82, 2.24) is 4.98 Å². The zero-order valence-corrected chi connectivity index (χ0v) is 11.0. The van der Waals surface area contributed by atoms with Crippen LogP contribution < -0.4 is 16.2 Å². The average Bonchev–Trinajstić information content (AvgIpc) is 2.81. The van der Waals surface area contributed by atoms with E-state index in [2.05, 4.69) is 11.6 Å². The average molecular weight is 316 g/mol. The Hall–Kier alpha value is -2.96. The second-order valence-corrected chi connectivity index (χ2v) is 4.07. The lowest BCUT2D eigenvalue weighted by molar-refractivity contribution is -0.192. The van der Waals surface area contributed by atoms with Gasteiger partial charge in [-0.15, -0.1) is 6.58 Å². The molecule has 0 amide bonds. The molecule has 10 heteroatoms. The van der Waals surface area contributed by atoms with Crippen molar-refractivity contribution >= 4 is 17.5 Å². The van der Waals surface area contributed by atoms with Gasteiger partial charge in [0.15, 0.2) is 0 Å². The van der Waals surface area contributed by atoms with Crippen LogP contribution in [0.5, 0.6) is 5.88 Å². The minimum atomic E-state index is -5.08. The monoisotopic (exact) mass is 316 g/mol. The number of ether oxygens (including phenoxy) is 1. The first kappa shape index (κ1) is 17.1. The molecule has 0 bridgehead atoms. The van der Waals surface area contributed by atoms with E-state index >= 15 is 0 Å². The van der Waals surface area contributed by atoms with Crippen molar-refractivity contribution in [2.75, 3.05) is 18.1 Å². The number of halogens is 3. The summed E-state index contributed by atoms with van der Waals surface area (Å²) in [4.78, 5) is 12.9. The summed E-state index contributed by atoms with van der Waals surface area (Å²) in [5.41, 5.74) is 12.7. The van der Waals surface area contributed by atoms with Gasteiger partial charge < -0.3 is 21.3 Å². The zero-order valence-electron chi connectivity index (χ0n) is 11.0. The molecule has 0 saturated carbocycles.